The summed E-state index contributed by atoms with van der Waals surface area (Å²) in [7, 11) is 1.83. The Kier molecular flexibility index (Phi) is 3.33. The van der Waals surface area contributed by atoms with Crippen LogP contribution >= 0.6 is 11.8 Å². The quantitative estimate of drug-likeness (QED) is 0.908. The molecule has 0 atom stereocenters. The molecule has 1 N–H and O–H groups in total. The zero-order chi connectivity index (χ0) is 13.3. The summed E-state index contributed by atoms with van der Waals surface area (Å²) in [6, 6.07) is 1.68. The van der Waals surface area contributed by atoms with Crippen LogP contribution in [-0.4, -0.2) is 30.8 Å². The first kappa shape index (κ1) is 12.6. The molecule has 0 saturated carbocycles. The van der Waals surface area contributed by atoms with Crippen molar-refractivity contribution < 1.29 is 9.90 Å². The summed E-state index contributed by atoms with van der Waals surface area (Å²) in [4.78, 5) is 15.3. The summed E-state index contributed by atoms with van der Waals surface area (Å²) in [5, 5.41) is 18.2. The van der Waals surface area contributed by atoms with Gasteiger partial charge in [0.1, 0.15) is 10.9 Å². The van der Waals surface area contributed by atoms with E-state index in [0.717, 1.165) is 5.82 Å². The van der Waals surface area contributed by atoms with Gasteiger partial charge in [-0.1, -0.05) is 0 Å². The van der Waals surface area contributed by atoms with Gasteiger partial charge < -0.3 is 9.67 Å². The number of nitrogens with zero attached hydrogens (tertiary/aromatic N) is 4. The maximum absolute atomic E-state index is 11.2. The van der Waals surface area contributed by atoms with E-state index in [2.05, 4.69) is 15.2 Å². The van der Waals surface area contributed by atoms with E-state index in [4.69, 9.17) is 0 Å². The first-order valence-electron chi connectivity index (χ1n) is 5.23. The normalized spacial score (nSPS) is 10.6. The van der Waals surface area contributed by atoms with Crippen LogP contribution in [0.4, 0.5) is 0 Å². The van der Waals surface area contributed by atoms with Crippen molar-refractivity contribution in [1.29, 1.82) is 0 Å². The van der Waals surface area contributed by atoms with Crippen LogP contribution in [0.15, 0.2) is 22.4 Å². The highest BCUT2D eigenvalue weighted by molar-refractivity contribution is 7.99. The highest BCUT2D eigenvalue weighted by Gasteiger charge is 2.17. The molecular formula is C11H12N4O2S. The zero-order valence-electron chi connectivity index (χ0n) is 10.2. The van der Waals surface area contributed by atoms with Gasteiger partial charge in [-0.3, -0.25) is 0 Å². The second-order valence-electron chi connectivity index (χ2n) is 3.80. The van der Waals surface area contributed by atoms with Gasteiger partial charge in [0.2, 0.25) is 0 Å². The Morgan fingerprint density at radius 1 is 1.39 bits per heavy atom. The van der Waals surface area contributed by atoms with Crippen molar-refractivity contribution in [3.05, 3.63) is 29.2 Å². The first-order chi connectivity index (χ1) is 8.50. The number of aromatic carboxylic acids is 1. The minimum absolute atomic E-state index is 0.211. The molecule has 94 valence electrons. The number of carboxylic acids is 1. The summed E-state index contributed by atoms with van der Waals surface area (Å²) >= 11 is 1.20. The van der Waals surface area contributed by atoms with E-state index in [1.54, 1.807) is 23.8 Å². The Morgan fingerprint density at radius 3 is 2.67 bits per heavy atom. The molecular weight excluding hydrogens is 252 g/mol. The van der Waals surface area contributed by atoms with Crippen LogP contribution in [-0.2, 0) is 7.05 Å². The lowest BCUT2D eigenvalue weighted by molar-refractivity contribution is 0.0691. The van der Waals surface area contributed by atoms with Crippen LogP contribution in [0.1, 0.15) is 21.7 Å². The van der Waals surface area contributed by atoms with Crippen molar-refractivity contribution in [2.75, 3.05) is 0 Å². The Hall–Kier alpha value is -1.89. The van der Waals surface area contributed by atoms with Crippen LogP contribution in [0.5, 0.6) is 0 Å². The van der Waals surface area contributed by atoms with Crippen molar-refractivity contribution in [1.82, 2.24) is 19.7 Å². The van der Waals surface area contributed by atoms with Crippen molar-refractivity contribution >= 4 is 17.7 Å². The fourth-order valence-electron chi connectivity index (χ4n) is 1.43. The molecule has 0 aliphatic rings. The van der Waals surface area contributed by atoms with Gasteiger partial charge in [0, 0.05) is 13.2 Å². The van der Waals surface area contributed by atoms with E-state index in [1.165, 1.54) is 11.8 Å². The molecule has 0 aromatic carbocycles. The van der Waals surface area contributed by atoms with E-state index >= 15 is 0 Å². The van der Waals surface area contributed by atoms with Gasteiger partial charge in [0.25, 0.3) is 0 Å². The predicted octanol–water partition coefficient (Wildman–Crippen LogP) is 1.68. The lowest BCUT2D eigenvalue weighted by Crippen LogP contribution is -2.04. The largest absolute Gasteiger partial charge is 0.478 e. The fraction of sp³-hybridized carbons (Fsp3) is 0.273. The lowest BCUT2D eigenvalue weighted by atomic mass is 10.2. The van der Waals surface area contributed by atoms with E-state index in [9.17, 15) is 9.90 Å². The third-order valence-electron chi connectivity index (χ3n) is 2.58. The lowest BCUT2D eigenvalue weighted by Gasteiger charge is -2.06. The third-order valence-corrected chi connectivity index (χ3v) is 3.62. The van der Waals surface area contributed by atoms with Gasteiger partial charge in [-0.15, -0.1) is 10.2 Å². The molecule has 0 unspecified atom stereocenters. The zero-order valence-corrected chi connectivity index (χ0v) is 11.0. The summed E-state index contributed by atoms with van der Waals surface area (Å²) < 4.78 is 1.79. The Labute approximate surface area is 108 Å². The van der Waals surface area contributed by atoms with Gasteiger partial charge in [0.05, 0.1) is 5.56 Å². The van der Waals surface area contributed by atoms with Gasteiger partial charge in [-0.2, -0.15) is 0 Å². The smallest absolute Gasteiger partial charge is 0.338 e. The number of carbonyl (C=O) groups is 1. The second-order valence-corrected chi connectivity index (χ2v) is 4.76. The predicted molar refractivity (Wildman–Crippen MR) is 65.8 cm³/mol. The first-order valence-corrected chi connectivity index (χ1v) is 6.05. The molecule has 0 saturated heterocycles. The van der Waals surface area contributed by atoms with Crippen LogP contribution in [0.25, 0.3) is 0 Å². The highest BCUT2D eigenvalue weighted by atomic mass is 32.2. The van der Waals surface area contributed by atoms with Crippen LogP contribution in [0.2, 0.25) is 0 Å². The number of aryl methyl sites for hydroxylation is 2. The third kappa shape index (κ3) is 2.21. The highest BCUT2D eigenvalue weighted by Crippen LogP contribution is 2.28. The van der Waals surface area contributed by atoms with E-state index in [0.29, 0.717) is 15.7 Å². The van der Waals surface area contributed by atoms with Crippen molar-refractivity contribution in [2.45, 2.75) is 24.0 Å². The maximum Gasteiger partial charge on any atom is 0.338 e. The number of hydrogen-bond acceptors (Lipinski definition) is 5. The Balaban J connectivity index is 2.44. The topological polar surface area (TPSA) is 80.9 Å². The van der Waals surface area contributed by atoms with E-state index in [1.807, 2.05) is 14.0 Å². The summed E-state index contributed by atoms with van der Waals surface area (Å²) in [5.41, 5.74) is 0.891. The minimum atomic E-state index is -0.984. The van der Waals surface area contributed by atoms with Crippen LogP contribution < -0.4 is 0 Å². The van der Waals surface area contributed by atoms with E-state index in [-0.39, 0.29) is 5.56 Å². The van der Waals surface area contributed by atoms with Gasteiger partial charge in [-0.05, 0) is 37.2 Å². The molecule has 0 fully saturated rings. The molecule has 2 rings (SSSR count). The van der Waals surface area contributed by atoms with Crippen LogP contribution in [0, 0.1) is 13.8 Å². The maximum atomic E-state index is 11.2. The van der Waals surface area contributed by atoms with E-state index < -0.39 is 5.97 Å². The van der Waals surface area contributed by atoms with Gasteiger partial charge in [-0.25, -0.2) is 9.78 Å². The Morgan fingerprint density at radius 2 is 2.11 bits per heavy atom. The average molecular weight is 264 g/mol. The van der Waals surface area contributed by atoms with Crippen LogP contribution in [0.3, 0.4) is 0 Å². The number of hydrogen-bond donors (Lipinski definition) is 1. The SMILES string of the molecule is Cc1ccnc(Sc2nnc(C)n2C)c1C(=O)O. The summed E-state index contributed by atoms with van der Waals surface area (Å²) in [6.45, 7) is 3.58. The molecule has 0 aliphatic heterocycles. The van der Waals surface area contributed by atoms with Crippen molar-refractivity contribution in [3.8, 4) is 0 Å². The average Bonchev–Trinajstić information content (AvgIpc) is 2.60. The molecule has 0 radical (unpaired) electrons. The Bertz CT molecular complexity index is 609. The van der Waals surface area contributed by atoms with Crippen molar-refractivity contribution in [2.24, 2.45) is 7.05 Å². The molecule has 18 heavy (non-hydrogen) atoms. The number of aromatic nitrogens is 4. The number of carboxylic acid groups (broad SMARTS) is 1. The summed E-state index contributed by atoms with van der Waals surface area (Å²) in [5.74, 6) is -0.219. The summed E-state index contributed by atoms with van der Waals surface area (Å²) in [6.07, 6.45) is 1.59. The van der Waals surface area contributed by atoms with Gasteiger partial charge in [0.15, 0.2) is 5.16 Å². The molecule has 0 aliphatic carbocycles. The molecule has 7 heteroatoms. The molecule has 2 aromatic heterocycles. The monoisotopic (exact) mass is 264 g/mol. The molecule has 2 aromatic rings. The standard InChI is InChI=1S/C11H12N4O2S/c1-6-4-5-12-9(8(6)10(16)17)18-11-14-13-7(2)15(11)3/h4-5H,1-3H3,(H,16,17). The van der Waals surface area contributed by atoms with Gasteiger partial charge >= 0.3 is 5.97 Å². The molecule has 6 nitrogen and oxygen atoms in total. The number of rotatable bonds is 3. The molecule has 0 spiro atoms. The number of pyridine rings is 1. The second kappa shape index (κ2) is 4.77. The molecule has 2 heterocycles. The molecule has 0 amide bonds. The fourth-order valence-corrected chi connectivity index (χ4v) is 2.42. The van der Waals surface area contributed by atoms with Crippen molar-refractivity contribution in [3.63, 3.8) is 0 Å². The minimum Gasteiger partial charge on any atom is -0.478 e. The molecule has 0 bridgehead atoms.